The molecule has 0 aliphatic carbocycles. The smallest absolute Gasteiger partial charge is 0.251 e. The van der Waals surface area contributed by atoms with E-state index in [-0.39, 0.29) is 6.54 Å². The van der Waals surface area contributed by atoms with Gasteiger partial charge in [-0.15, -0.1) is 0 Å². The minimum absolute atomic E-state index is 0.0855. The first kappa shape index (κ1) is 12.2. The molecule has 2 atom stereocenters. The number of alkyl halides is 2. The van der Waals surface area contributed by atoms with Gasteiger partial charge in [0.05, 0.1) is 6.54 Å². The summed E-state index contributed by atoms with van der Waals surface area (Å²) in [5.74, 6) is 0.749. The molecule has 0 aromatic carbocycles. The molecule has 4 heteroatoms. The van der Waals surface area contributed by atoms with Gasteiger partial charge < -0.3 is 10.2 Å². The second kappa shape index (κ2) is 5.41. The molecule has 0 spiro atoms. The molecule has 2 nitrogen and oxygen atoms in total. The van der Waals surface area contributed by atoms with Crippen LogP contribution < -0.4 is 5.32 Å². The minimum atomic E-state index is -2.20. The van der Waals surface area contributed by atoms with E-state index in [0.717, 1.165) is 18.9 Å². The van der Waals surface area contributed by atoms with Crippen LogP contribution >= 0.6 is 0 Å². The highest BCUT2D eigenvalue weighted by molar-refractivity contribution is 4.91. The average Bonchev–Trinajstić information content (AvgIpc) is 2.54. The van der Waals surface area contributed by atoms with E-state index in [4.69, 9.17) is 0 Å². The lowest BCUT2D eigenvalue weighted by molar-refractivity contribution is 0.0959. The Morgan fingerprint density at radius 2 is 1.88 bits per heavy atom. The Morgan fingerprint density at radius 1 is 1.25 bits per heavy atom. The number of piperidine rings is 1. The Morgan fingerprint density at radius 3 is 2.44 bits per heavy atom. The number of rotatable bonds is 5. The zero-order valence-corrected chi connectivity index (χ0v) is 9.96. The summed E-state index contributed by atoms with van der Waals surface area (Å²) < 4.78 is 24.3. The highest BCUT2D eigenvalue weighted by atomic mass is 19.3. The molecule has 2 heterocycles. The van der Waals surface area contributed by atoms with Crippen LogP contribution in [-0.2, 0) is 0 Å². The van der Waals surface area contributed by atoms with Crippen LogP contribution in [-0.4, -0.2) is 43.5 Å². The molecule has 2 aliphatic rings. The maximum Gasteiger partial charge on any atom is 0.251 e. The molecule has 2 rings (SSSR count). The van der Waals surface area contributed by atoms with Crippen molar-refractivity contribution in [1.29, 1.82) is 0 Å². The standard InChI is InChI=1S/C12H22F2N2/c1-16(8-12(13)14)5-4-9-6-10-2-3-11(7-9)15-10/h9-12,15H,2-8H2,1H3. The molecule has 0 amide bonds. The molecule has 0 saturated carbocycles. The zero-order valence-electron chi connectivity index (χ0n) is 9.96. The van der Waals surface area contributed by atoms with E-state index < -0.39 is 6.43 Å². The molecule has 0 aromatic heterocycles. The fourth-order valence-corrected chi connectivity index (χ4v) is 3.14. The van der Waals surface area contributed by atoms with Crippen LogP contribution in [0.1, 0.15) is 32.1 Å². The predicted molar refractivity (Wildman–Crippen MR) is 60.8 cm³/mol. The van der Waals surface area contributed by atoms with Gasteiger partial charge in [-0.2, -0.15) is 0 Å². The molecular formula is C12H22F2N2. The van der Waals surface area contributed by atoms with Crippen molar-refractivity contribution in [2.24, 2.45) is 5.92 Å². The van der Waals surface area contributed by atoms with Gasteiger partial charge in [0.2, 0.25) is 0 Å². The maximum absolute atomic E-state index is 12.1. The molecular weight excluding hydrogens is 210 g/mol. The molecule has 16 heavy (non-hydrogen) atoms. The van der Waals surface area contributed by atoms with Crippen molar-refractivity contribution in [2.45, 2.75) is 50.6 Å². The molecule has 2 bridgehead atoms. The summed E-state index contributed by atoms with van der Waals surface area (Å²) in [5, 5.41) is 3.61. The Balaban J connectivity index is 1.66. The molecule has 94 valence electrons. The molecule has 2 aliphatic heterocycles. The van der Waals surface area contributed by atoms with Gasteiger partial charge in [0.15, 0.2) is 0 Å². The van der Waals surface area contributed by atoms with Crippen molar-refractivity contribution >= 4 is 0 Å². The summed E-state index contributed by atoms with van der Waals surface area (Å²) in [6, 6.07) is 1.42. The summed E-state index contributed by atoms with van der Waals surface area (Å²) in [4.78, 5) is 1.76. The van der Waals surface area contributed by atoms with Crippen molar-refractivity contribution in [3.05, 3.63) is 0 Å². The van der Waals surface area contributed by atoms with Crippen molar-refractivity contribution in [3.63, 3.8) is 0 Å². The number of nitrogens with one attached hydrogen (secondary N) is 1. The second-order valence-electron chi connectivity index (χ2n) is 5.42. The molecule has 2 unspecified atom stereocenters. The van der Waals surface area contributed by atoms with E-state index in [1.807, 2.05) is 0 Å². The lowest BCUT2D eigenvalue weighted by Gasteiger charge is -2.30. The summed E-state index contributed by atoms with van der Waals surface area (Å²) >= 11 is 0. The molecule has 2 fully saturated rings. The molecule has 0 aromatic rings. The first-order chi connectivity index (χ1) is 7.63. The van der Waals surface area contributed by atoms with Gasteiger partial charge in [-0.3, -0.25) is 0 Å². The lowest BCUT2D eigenvalue weighted by atomic mass is 9.89. The van der Waals surface area contributed by atoms with Crippen LogP contribution in [0.4, 0.5) is 8.78 Å². The van der Waals surface area contributed by atoms with Crippen LogP contribution in [0, 0.1) is 5.92 Å². The third-order valence-corrected chi connectivity index (χ3v) is 3.94. The SMILES string of the molecule is CN(CCC1CC2CCC(C1)N2)CC(F)F. The summed E-state index contributed by atoms with van der Waals surface area (Å²) in [7, 11) is 1.79. The summed E-state index contributed by atoms with van der Waals surface area (Å²) in [5.41, 5.74) is 0. The van der Waals surface area contributed by atoms with Gasteiger partial charge in [-0.05, 0) is 51.6 Å². The number of nitrogens with zero attached hydrogens (tertiary/aromatic N) is 1. The van der Waals surface area contributed by atoms with Crippen molar-refractivity contribution in [2.75, 3.05) is 20.1 Å². The monoisotopic (exact) mass is 232 g/mol. The topological polar surface area (TPSA) is 15.3 Å². The number of hydrogen-bond donors (Lipinski definition) is 1. The van der Waals surface area contributed by atoms with E-state index in [1.165, 1.54) is 25.7 Å². The highest BCUT2D eigenvalue weighted by Crippen LogP contribution is 2.32. The second-order valence-corrected chi connectivity index (χ2v) is 5.42. The summed E-state index contributed by atoms with van der Waals surface area (Å²) in [6.07, 6.45) is 4.01. The van der Waals surface area contributed by atoms with E-state index in [1.54, 1.807) is 11.9 Å². The Kier molecular flexibility index (Phi) is 4.14. The third kappa shape index (κ3) is 3.39. The first-order valence-electron chi connectivity index (χ1n) is 6.36. The van der Waals surface area contributed by atoms with Gasteiger partial charge in [0.1, 0.15) is 0 Å². The van der Waals surface area contributed by atoms with Gasteiger partial charge in [0, 0.05) is 12.1 Å². The molecule has 2 saturated heterocycles. The van der Waals surface area contributed by atoms with Crippen LogP contribution in [0.15, 0.2) is 0 Å². The molecule has 1 N–H and O–H groups in total. The largest absolute Gasteiger partial charge is 0.311 e. The minimum Gasteiger partial charge on any atom is -0.311 e. The van der Waals surface area contributed by atoms with Crippen LogP contribution in [0.3, 0.4) is 0 Å². The number of halogens is 2. The normalized spacial score (nSPS) is 33.9. The Hall–Kier alpha value is -0.220. The fraction of sp³-hybridized carbons (Fsp3) is 1.00. The van der Waals surface area contributed by atoms with Gasteiger partial charge >= 0.3 is 0 Å². The van der Waals surface area contributed by atoms with E-state index in [0.29, 0.717) is 12.1 Å². The number of fused-ring (bicyclic) bond motifs is 2. The highest BCUT2D eigenvalue weighted by Gasteiger charge is 2.33. The van der Waals surface area contributed by atoms with Gasteiger partial charge in [0.25, 0.3) is 6.43 Å². The van der Waals surface area contributed by atoms with Crippen molar-refractivity contribution < 1.29 is 8.78 Å². The van der Waals surface area contributed by atoms with E-state index in [2.05, 4.69) is 5.32 Å². The Labute approximate surface area is 96.4 Å². The van der Waals surface area contributed by atoms with E-state index in [9.17, 15) is 8.78 Å². The van der Waals surface area contributed by atoms with Gasteiger partial charge in [-0.25, -0.2) is 8.78 Å². The lowest BCUT2D eigenvalue weighted by Crippen LogP contribution is -2.39. The zero-order chi connectivity index (χ0) is 11.5. The van der Waals surface area contributed by atoms with Crippen LogP contribution in [0.2, 0.25) is 0 Å². The average molecular weight is 232 g/mol. The number of hydrogen-bond acceptors (Lipinski definition) is 2. The molecule has 0 radical (unpaired) electrons. The van der Waals surface area contributed by atoms with E-state index >= 15 is 0 Å². The van der Waals surface area contributed by atoms with Crippen LogP contribution in [0.5, 0.6) is 0 Å². The predicted octanol–water partition coefficient (Wildman–Crippen LogP) is 2.10. The van der Waals surface area contributed by atoms with Gasteiger partial charge in [-0.1, -0.05) is 0 Å². The van der Waals surface area contributed by atoms with Crippen molar-refractivity contribution in [3.8, 4) is 0 Å². The quantitative estimate of drug-likeness (QED) is 0.781. The Bertz CT molecular complexity index is 211. The first-order valence-corrected chi connectivity index (χ1v) is 6.36. The van der Waals surface area contributed by atoms with Crippen molar-refractivity contribution in [1.82, 2.24) is 10.2 Å². The fourth-order valence-electron chi connectivity index (χ4n) is 3.14. The third-order valence-electron chi connectivity index (χ3n) is 3.94. The summed E-state index contributed by atoms with van der Waals surface area (Å²) in [6.45, 7) is 0.728. The van der Waals surface area contributed by atoms with Crippen LogP contribution in [0.25, 0.3) is 0 Å². The maximum atomic E-state index is 12.1.